The van der Waals surface area contributed by atoms with Crippen molar-refractivity contribution < 1.29 is 19.4 Å². The van der Waals surface area contributed by atoms with Crippen LogP contribution in [0.25, 0.3) is 0 Å². The molecule has 0 saturated heterocycles. The van der Waals surface area contributed by atoms with Crippen LogP contribution >= 0.6 is 0 Å². The summed E-state index contributed by atoms with van der Waals surface area (Å²) in [6.45, 7) is 5.85. The van der Waals surface area contributed by atoms with Crippen molar-refractivity contribution in [3.05, 3.63) is 12.2 Å². The third-order valence-electron chi connectivity index (χ3n) is 1.92. The summed E-state index contributed by atoms with van der Waals surface area (Å²) in [5, 5.41) is 8.73. The summed E-state index contributed by atoms with van der Waals surface area (Å²) in [5.74, 6) is -1.00. The van der Waals surface area contributed by atoms with Crippen LogP contribution in [-0.4, -0.2) is 49.7 Å². The predicted molar refractivity (Wildman–Crippen MR) is 51.8 cm³/mol. The third-order valence-corrected chi connectivity index (χ3v) is 1.92. The zero-order chi connectivity index (χ0) is 11.1. The maximum absolute atomic E-state index is 10.6. The number of rotatable bonds is 7. The summed E-state index contributed by atoms with van der Waals surface area (Å²) in [6.07, 6.45) is 0. The van der Waals surface area contributed by atoms with E-state index in [1.807, 2.05) is 0 Å². The highest BCUT2D eigenvalue weighted by molar-refractivity contribution is 5.87. The molecule has 0 saturated carbocycles. The Balaban J connectivity index is 4.33. The van der Waals surface area contributed by atoms with E-state index in [-0.39, 0.29) is 11.6 Å². The quantitative estimate of drug-likeness (QED) is 0.483. The lowest BCUT2D eigenvalue weighted by Gasteiger charge is -2.27. The Labute approximate surface area is 83.9 Å². The first-order valence-corrected chi connectivity index (χ1v) is 4.18. The Morgan fingerprint density at radius 1 is 1.43 bits per heavy atom. The van der Waals surface area contributed by atoms with Crippen LogP contribution in [-0.2, 0) is 14.3 Å². The Morgan fingerprint density at radius 3 is 2.14 bits per heavy atom. The molecule has 0 aliphatic carbocycles. The molecule has 5 nitrogen and oxygen atoms in total. The Morgan fingerprint density at radius 2 is 1.86 bits per heavy atom. The summed E-state index contributed by atoms with van der Waals surface area (Å²) in [4.78, 5) is 12.4. The number of carboxylic acid groups (broad SMARTS) is 1. The Bertz CT molecular complexity index is 199. The van der Waals surface area contributed by atoms with Crippen LogP contribution in [0.4, 0.5) is 0 Å². The molecule has 1 N–H and O–H groups in total. The molecule has 0 aliphatic rings. The maximum Gasteiger partial charge on any atom is 0.332 e. The first-order chi connectivity index (χ1) is 6.54. The minimum atomic E-state index is -1.00. The number of hydrogen-bond donors (Lipinski definition) is 1. The zero-order valence-corrected chi connectivity index (χ0v) is 8.82. The molecule has 0 aromatic rings. The molecule has 0 fully saturated rings. The van der Waals surface area contributed by atoms with Crippen molar-refractivity contribution in [2.24, 2.45) is 0 Å². The number of methoxy groups -OCH3 is 2. The SMILES string of the molecule is C=C(C(=O)O)C(C)N(COC)COC. The van der Waals surface area contributed by atoms with Gasteiger partial charge >= 0.3 is 5.97 Å². The number of carbonyl (C=O) groups is 1. The molecule has 14 heavy (non-hydrogen) atoms. The normalized spacial score (nSPS) is 12.9. The number of ether oxygens (including phenoxy) is 2. The summed E-state index contributed by atoms with van der Waals surface area (Å²) >= 11 is 0. The van der Waals surface area contributed by atoms with Crippen LogP contribution in [0.2, 0.25) is 0 Å². The molecule has 1 unspecified atom stereocenters. The highest BCUT2D eigenvalue weighted by Crippen LogP contribution is 2.08. The maximum atomic E-state index is 10.6. The molecule has 0 radical (unpaired) electrons. The molecule has 0 rings (SSSR count). The molecule has 0 heterocycles. The molecule has 0 aromatic carbocycles. The van der Waals surface area contributed by atoms with Gasteiger partial charge in [0, 0.05) is 25.8 Å². The zero-order valence-electron chi connectivity index (χ0n) is 8.82. The van der Waals surface area contributed by atoms with Gasteiger partial charge in [-0.25, -0.2) is 4.79 Å². The first-order valence-electron chi connectivity index (χ1n) is 4.18. The van der Waals surface area contributed by atoms with Gasteiger partial charge in [-0.15, -0.1) is 0 Å². The average molecular weight is 203 g/mol. The summed E-state index contributed by atoms with van der Waals surface area (Å²) < 4.78 is 9.84. The van der Waals surface area contributed by atoms with Gasteiger partial charge in [0.15, 0.2) is 0 Å². The van der Waals surface area contributed by atoms with Crippen LogP contribution < -0.4 is 0 Å². The van der Waals surface area contributed by atoms with E-state index in [0.717, 1.165) is 0 Å². The van der Waals surface area contributed by atoms with Gasteiger partial charge in [0.2, 0.25) is 0 Å². The molecule has 0 bridgehead atoms. The van der Waals surface area contributed by atoms with Crippen LogP contribution in [0.1, 0.15) is 6.92 Å². The van der Waals surface area contributed by atoms with Crippen molar-refractivity contribution in [1.82, 2.24) is 4.90 Å². The summed E-state index contributed by atoms with van der Waals surface area (Å²) in [6, 6.07) is -0.313. The number of hydrogen-bond acceptors (Lipinski definition) is 4. The van der Waals surface area contributed by atoms with Crippen LogP contribution in [0.3, 0.4) is 0 Å². The van der Waals surface area contributed by atoms with Crippen molar-refractivity contribution in [2.75, 3.05) is 27.7 Å². The van der Waals surface area contributed by atoms with E-state index in [4.69, 9.17) is 14.6 Å². The fourth-order valence-electron chi connectivity index (χ4n) is 0.992. The lowest BCUT2D eigenvalue weighted by molar-refractivity contribution is -0.134. The van der Waals surface area contributed by atoms with Crippen molar-refractivity contribution in [3.8, 4) is 0 Å². The van der Waals surface area contributed by atoms with Gasteiger partial charge in [0.05, 0.1) is 0 Å². The molecule has 1 atom stereocenters. The van der Waals surface area contributed by atoms with Gasteiger partial charge < -0.3 is 14.6 Å². The van der Waals surface area contributed by atoms with E-state index in [2.05, 4.69) is 6.58 Å². The van der Waals surface area contributed by atoms with Gasteiger partial charge in [0.1, 0.15) is 13.5 Å². The highest BCUT2D eigenvalue weighted by Gasteiger charge is 2.20. The van der Waals surface area contributed by atoms with Gasteiger partial charge in [-0.3, -0.25) is 4.90 Å². The fourth-order valence-corrected chi connectivity index (χ4v) is 0.992. The predicted octanol–water partition coefficient (Wildman–Crippen LogP) is 0.526. The molecule has 5 heteroatoms. The standard InChI is InChI=1S/C9H17NO4/c1-7(9(11)12)8(2)10(5-13-3)6-14-4/h8H,1,5-6H2,2-4H3,(H,11,12). The summed E-state index contributed by atoms with van der Waals surface area (Å²) in [7, 11) is 3.08. The van der Waals surface area contributed by atoms with E-state index >= 15 is 0 Å². The smallest absolute Gasteiger partial charge is 0.332 e. The number of aliphatic carboxylic acids is 1. The first kappa shape index (κ1) is 13.1. The van der Waals surface area contributed by atoms with E-state index in [0.29, 0.717) is 13.5 Å². The van der Waals surface area contributed by atoms with E-state index in [1.54, 1.807) is 26.0 Å². The lowest BCUT2D eigenvalue weighted by atomic mass is 10.1. The second kappa shape index (κ2) is 6.53. The molecular weight excluding hydrogens is 186 g/mol. The van der Waals surface area contributed by atoms with Crippen molar-refractivity contribution in [3.63, 3.8) is 0 Å². The molecule has 0 aromatic heterocycles. The lowest BCUT2D eigenvalue weighted by Crippen LogP contribution is -2.39. The van der Waals surface area contributed by atoms with Gasteiger partial charge in [-0.05, 0) is 6.92 Å². The second-order valence-corrected chi connectivity index (χ2v) is 2.93. The number of carboxylic acids is 1. The summed E-state index contributed by atoms with van der Waals surface area (Å²) in [5.41, 5.74) is 0.124. The van der Waals surface area contributed by atoms with Crippen LogP contribution in [0.5, 0.6) is 0 Å². The van der Waals surface area contributed by atoms with E-state index in [9.17, 15) is 4.79 Å². The van der Waals surface area contributed by atoms with Crippen molar-refractivity contribution >= 4 is 5.97 Å². The third kappa shape index (κ3) is 3.87. The molecule has 82 valence electrons. The topological polar surface area (TPSA) is 59.0 Å². The average Bonchev–Trinajstić information content (AvgIpc) is 2.15. The van der Waals surface area contributed by atoms with Crippen LogP contribution in [0, 0.1) is 0 Å². The van der Waals surface area contributed by atoms with Crippen molar-refractivity contribution in [2.45, 2.75) is 13.0 Å². The van der Waals surface area contributed by atoms with Gasteiger partial charge in [0.25, 0.3) is 0 Å². The Kier molecular flexibility index (Phi) is 6.11. The Hall–Kier alpha value is -0.910. The van der Waals surface area contributed by atoms with Crippen molar-refractivity contribution in [1.29, 1.82) is 0 Å². The van der Waals surface area contributed by atoms with E-state index < -0.39 is 5.97 Å². The largest absolute Gasteiger partial charge is 0.478 e. The molecule has 0 amide bonds. The second-order valence-electron chi connectivity index (χ2n) is 2.93. The van der Waals surface area contributed by atoms with E-state index in [1.165, 1.54) is 0 Å². The minimum absolute atomic E-state index is 0.124. The number of nitrogens with zero attached hydrogens (tertiary/aromatic N) is 1. The van der Waals surface area contributed by atoms with Gasteiger partial charge in [-0.1, -0.05) is 6.58 Å². The molecule has 0 aliphatic heterocycles. The monoisotopic (exact) mass is 203 g/mol. The molecular formula is C9H17NO4. The van der Waals surface area contributed by atoms with Gasteiger partial charge in [-0.2, -0.15) is 0 Å². The minimum Gasteiger partial charge on any atom is -0.478 e. The fraction of sp³-hybridized carbons (Fsp3) is 0.667. The molecule has 0 spiro atoms. The van der Waals surface area contributed by atoms with Crippen LogP contribution in [0.15, 0.2) is 12.2 Å². The highest BCUT2D eigenvalue weighted by atomic mass is 16.5.